The second-order valence-electron chi connectivity index (χ2n) is 6.54. The molecule has 1 aromatic heterocycles. The van der Waals surface area contributed by atoms with Crippen LogP contribution in [0.2, 0.25) is 0 Å². The largest absolute Gasteiger partial charge is 0.380 e. The van der Waals surface area contributed by atoms with Crippen LogP contribution in [0.3, 0.4) is 0 Å². The van der Waals surface area contributed by atoms with Crippen molar-refractivity contribution < 1.29 is 9.47 Å². The molecule has 0 saturated carbocycles. The van der Waals surface area contributed by atoms with Gasteiger partial charge in [-0.3, -0.25) is 0 Å². The number of methoxy groups -OCH3 is 2. The third kappa shape index (κ3) is 3.58. The zero-order valence-corrected chi connectivity index (χ0v) is 14.5. The van der Waals surface area contributed by atoms with E-state index in [4.69, 9.17) is 9.47 Å². The summed E-state index contributed by atoms with van der Waals surface area (Å²) in [6.07, 6.45) is 6.85. The fraction of sp³-hybridized carbons (Fsp3) is 0.765. The molecule has 0 amide bonds. The number of piperidine rings is 2. The van der Waals surface area contributed by atoms with Gasteiger partial charge in [0.2, 0.25) is 0 Å². The molecule has 0 spiro atoms. The van der Waals surface area contributed by atoms with Gasteiger partial charge < -0.3 is 19.3 Å². The van der Waals surface area contributed by atoms with E-state index in [0.29, 0.717) is 12.2 Å². The van der Waals surface area contributed by atoms with Crippen LogP contribution in [0.4, 0.5) is 11.6 Å². The summed E-state index contributed by atoms with van der Waals surface area (Å²) in [6.45, 7) is 6.04. The van der Waals surface area contributed by atoms with Crippen LogP contribution < -0.4 is 9.80 Å². The van der Waals surface area contributed by atoms with Gasteiger partial charge in [0.15, 0.2) is 0 Å². The lowest BCUT2D eigenvalue weighted by Gasteiger charge is -2.36. The van der Waals surface area contributed by atoms with Crippen LogP contribution >= 0.6 is 0 Å². The van der Waals surface area contributed by atoms with Gasteiger partial charge in [0.05, 0.1) is 12.2 Å². The number of hydrogen-bond donors (Lipinski definition) is 0. The molecule has 0 bridgehead atoms. The van der Waals surface area contributed by atoms with Crippen LogP contribution in [-0.4, -0.2) is 62.6 Å². The van der Waals surface area contributed by atoms with Gasteiger partial charge in [-0.15, -0.1) is 0 Å². The molecule has 0 radical (unpaired) electrons. The normalized spacial score (nSPS) is 25.7. The first-order valence-corrected chi connectivity index (χ1v) is 8.60. The monoisotopic (exact) mass is 320 g/mol. The zero-order valence-electron chi connectivity index (χ0n) is 14.5. The number of aromatic nitrogens is 2. The highest BCUT2D eigenvalue weighted by atomic mass is 16.5. The molecule has 3 heterocycles. The molecule has 23 heavy (non-hydrogen) atoms. The second-order valence-corrected chi connectivity index (χ2v) is 6.54. The smallest absolute Gasteiger partial charge is 0.137 e. The summed E-state index contributed by atoms with van der Waals surface area (Å²) in [5.41, 5.74) is 1.17. The minimum atomic E-state index is 0.300. The third-order valence-electron chi connectivity index (χ3n) is 5.05. The highest BCUT2D eigenvalue weighted by Crippen LogP contribution is 2.29. The molecule has 0 aliphatic carbocycles. The van der Waals surface area contributed by atoms with E-state index < -0.39 is 0 Å². The van der Waals surface area contributed by atoms with Crippen LogP contribution in [0.1, 0.15) is 31.2 Å². The topological polar surface area (TPSA) is 50.7 Å². The SMILES string of the molecule is CO[C@@H]1CCCN(c2ncnc(N3CCC[C@@H](OC)C3)c2C)C1. The average Bonchev–Trinajstić information content (AvgIpc) is 2.62. The van der Waals surface area contributed by atoms with Crippen molar-refractivity contribution >= 4 is 11.6 Å². The molecule has 6 heteroatoms. The lowest BCUT2D eigenvalue weighted by molar-refractivity contribution is 0.0888. The fourth-order valence-corrected chi connectivity index (χ4v) is 3.72. The first-order valence-electron chi connectivity index (χ1n) is 8.60. The molecular formula is C17H28N4O2. The molecule has 0 N–H and O–H groups in total. The third-order valence-corrected chi connectivity index (χ3v) is 5.05. The van der Waals surface area contributed by atoms with Gasteiger partial charge >= 0.3 is 0 Å². The van der Waals surface area contributed by atoms with Crippen molar-refractivity contribution in [3.8, 4) is 0 Å². The lowest BCUT2D eigenvalue weighted by atomic mass is 10.1. The van der Waals surface area contributed by atoms with Gasteiger partial charge in [0, 0.05) is 46.0 Å². The van der Waals surface area contributed by atoms with Gasteiger partial charge in [0.1, 0.15) is 18.0 Å². The molecular weight excluding hydrogens is 292 g/mol. The van der Waals surface area contributed by atoms with E-state index in [9.17, 15) is 0 Å². The van der Waals surface area contributed by atoms with Crippen molar-refractivity contribution in [2.24, 2.45) is 0 Å². The van der Waals surface area contributed by atoms with E-state index in [1.807, 2.05) is 0 Å². The van der Waals surface area contributed by atoms with Gasteiger partial charge in [-0.25, -0.2) is 9.97 Å². The van der Waals surface area contributed by atoms with E-state index in [1.54, 1.807) is 20.5 Å². The van der Waals surface area contributed by atoms with Crippen molar-refractivity contribution in [1.29, 1.82) is 0 Å². The summed E-state index contributed by atoms with van der Waals surface area (Å²) in [6, 6.07) is 0. The van der Waals surface area contributed by atoms with Crippen molar-refractivity contribution in [2.75, 3.05) is 50.2 Å². The van der Waals surface area contributed by atoms with E-state index in [-0.39, 0.29) is 0 Å². The van der Waals surface area contributed by atoms with Crippen LogP contribution in [0, 0.1) is 6.92 Å². The molecule has 2 fully saturated rings. The average molecular weight is 320 g/mol. The molecule has 1 aromatic rings. The molecule has 2 atom stereocenters. The van der Waals surface area contributed by atoms with Crippen LogP contribution in [0.15, 0.2) is 6.33 Å². The molecule has 2 aliphatic rings. The summed E-state index contributed by atoms with van der Waals surface area (Å²) in [4.78, 5) is 13.8. The first kappa shape index (κ1) is 16.5. The highest BCUT2D eigenvalue weighted by Gasteiger charge is 2.26. The Balaban J connectivity index is 1.80. The lowest BCUT2D eigenvalue weighted by Crippen LogP contribution is -2.42. The summed E-state index contributed by atoms with van der Waals surface area (Å²) in [5, 5.41) is 0. The molecule has 128 valence electrons. The van der Waals surface area contributed by atoms with Crippen LogP contribution in [-0.2, 0) is 9.47 Å². The molecule has 6 nitrogen and oxygen atoms in total. The Bertz CT molecular complexity index is 483. The Kier molecular flexibility index (Phi) is 5.33. The van der Waals surface area contributed by atoms with Crippen molar-refractivity contribution in [1.82, 2.24) is 9.97 Å². The van der Waals surface area contributed by atoms with Crippen molar-refractivity contribution in [2.45, 2.75) is 44.8 Å². The Hall–Kier alpha value is -1.40. The maximum Gasteiger partial charge on any atom is 0.137 e. The maximum absolute atomic E-state index is 5.55. The predicted molar refractivity (Wildman–Crippen MR) is 91.3 cm³/mol. The van der Waals surface area contributed by atoms with Gasteiger partial charge in [-0.1, -0.05) is 0 Å². The van der Waals surface area contributed by atoms with Crippen LogP contribution in [0.25, 0.3) is 0 Å². The summed E-state index contributed by atoms with van der Waals surface area (Å²) in [5.74, 6) is 2.10. The van der Waals surface area contributed by atoms with E-state index in [2.05, 4.69) is 26.7 Å². The maximum atomic E-state index is 5.55. The van der Waals surface area contributed by atoms with Gasteiger partial charge in [0.25, 0.3) is 0 Å². The fourth-order valence-electron chi connectivity index (χ4n) is 3.72. The quantitative estimate of drug-likeness (QED) is 0.846. The number of anilines is 2. The van der Waals surface area contributed by atoms with E-state index >= 15 is 0 Å². The van der Waals surface area contributed by atoms with Gasteiger partial charge in [-0.05, 0) is 32.6 Å². The Morgan fingerprint density at radius 2 is 1.39 bits per heavy atom. The van der Waals surface area contributed by atoms with Crippen molar-refractivity contribution in [3.05, 3.63) is 11.9 Å². The molecule has 2 aliphatic heterocycles. The number of rotatable bonds is 4. The van der Waals surface area contributed by atoms with E-state index in [0.717, 1.165) is 63.5 Å². The molecule has 2 saturated heterocycles. The summed E-state index contributed by atoms with van der Waals surface area (Å²) >= 11 is 0. The number of ether oxygens (including phenoxy) is 2. The molecule has 3 rings (SSSR count). The number of nitrogens with zero attached hydrogens (tertiary/aromatic N) is 4. The highest BCUT2D eigenvalue weighted by molar-refractivity contribution is 5.59. The summed E-state index contributed by atoms with van der Waals surface area (Å²) in [7, 11) is 3.59. The second kappa shape index (κ2) is 7.45. The Morgan fingerprint density at radius 3 is 1.83 bits per heavy atom. The number of hydrogen-bond acceptors (Lipinski definition) is 6. The molecule has 0 unspecified atom stereocenters. The molecule has 0 aromatic carbocycles. The zero-order chi connectivity index (χ0) is 16.2. The Morgan fingerprint density at radius 1 is 0.913 bits per heavy atom. The van der Waals surface area contributed by atoms with Crippen LogP contribution in [0.5, 0.6) is 0 Å². The summed E-state index contributed by atoms with van der Waals surface area (Å²) < 4.78 is 11.1. The minimum absolute atomic E-state index is 0.300. The van der Waals surface area contributed by atoms with E-state index in [1.165, 1.54) is 5.56 Å². The first-order chi connectivity index (χ1) is 11.2. The Labute approximate surface area is 138 Å². The minimum Gasteiger partial charge on any atom is -0.380 e. The standard InChI is InChI=1S/C17H28N4O2/c1-13-16(20-8-4-6-14(10-20)22-2)18-12-19-17(13)21-9-5-7-15(11-21)23-3/h12,14-15H,4-11H2,1-3H3/t14-,15-/m1/s1. The van der Waals surface area contributed by atoms with Gasteiger partial charge in [-0.2, -0.15) is 0 Å². The predicted octanol–water partition coefficient (Wildman–Crippen LogP) is 2.02. The van der Waals surface area contributed by atoms with Crippen molar-refractivity contribution in [3.63, 3.8) is 0 Å².